The average molecular weight is 1510 g/mol. The molecule has 7 aromatic heterocycles. The molecule has 10 heteroatoms. The van der Waals surface area contributed by atoms with E-state index in [2.05, 4.69) is 223 Å². The molecule has 1 atom stereocenters. The summed E-state index contributed by atoms with van der Waals surface area (Å²) in [7, 11) is -2.16. The number of aromatic nitrogens is 7. The van der Waals surface area contributed by atoms with Gasteiger partial charge in [-0.15, -0.1) is 0 Å². The number of ether oxygens (including phenoxy) is 1. The summed E-state index contributed by atoms with van der Waals surface area (Å²) in [6.07, 6.45) is 30.5. The Morgan fingerprint density at radius 1 is 0.246 bits per heavy atom. The Labute approximate surface area is 673 Å². The van der Waals surface area contributed by atoms with Crippen LogP contribution in [0.25, 0.3) is 11.1 Å². The maximum atomic E-state index is 12.5. The first-order valence-electron chi connectivity index (χ1n) is 38.1. The molecule has 0 aliphatic carbocycles. The monoisotopic (exact) mass is 1500 g/mol. The number of hydrogen-bond donors (Lipinski definition) is 0. The summed E-state index contributed by atoms with van der Waals surface area (Å²) >= 11 is 0. The quantitative estimate of drug-likeness (QED) is 0.110. The van der Waals surface area contributed by atoms with Crippen molar-refractivity contribution in [2.75, 3.05) is 0 Å². The van der Waals surface area contributed by atoms with Crippen LogP contribution in [0.2, 0.25) is 0 Å². The zero-order valence-electron chi connectivity index (χ0n) is 64.0. The summed E-state index contributed by atoms with van der Waals surface area (Å²) < 4.78 is 18.3. The van der Waals surface area contributed by atoms with E-state index in [0.717, 1.165) is 78.2 Å². The summed E-state index contributed by atoms with van der Waals surface area (Å²) in [5.41, 5.74) is 21.3. The standard InChI is InChI=1S/C14H12OS.C13H10O.C13H12.3C12H11N.2C11H10N2.C6H6/c1-16(15)10-11-6-2-3-7-12(11)13-8-4-5-9-14(13)16;1-3-7-12-10(5-1)9-11-6-2-4-8-13(11)14-12;1-3-7-12(8-4-1)11-13-9-5-2-6-10-13;1-2-6-11(7-3-1)10-12-8-4-5-9-13-12;1-2-5-11(6-3-1)9-12-7-4-8-13-10-12;1-2-4-11(5-3-1)10-12-6-8-13-9-7-12;1-5-12-6-2-10(1)9-11-3-7-13-8-4-11;1-3-10(8-12-5-1)7-11-4-2-6-13-9-11;1-2-4-6-5-3-1/h2-9H,1,10H2;1-8H,9H2;1-10H,11H2;1-9H,10H2;1-8,10H,9H2;1-9H,10H2;1-8H,9H2;1-6,8-9H,7H2;1-6H. The molecule has 0 bridgehead atoms. The number of fused-ring (bicyclic) bond motifs is 5. The summed E-state index contributed by atoms with van der Waals surface area (Å²) in [6.45, 7) is 0. The average Bonchev–Trinajstić information content (AvgIpc) is 0.763. The number of nitrogens with zero attached hydrogens (tertiary/aromatic N) is 7. The van der Waals surface area contributed by atoms with E-state index in [9.17, 15) is 4.21 Å². The molecule has 2 aliphatic heterocycles. The fourth-order valence-corrected chi connectivity index (χ4v) is 14.2. The van der Waals surface area contributed by atoms with Crippen molar-refractivity contribution in [3.63, 3.8) is 0 Å². The molecule has 9 heterocycles. The third-order valence-corrected chi connectivity index (χ3v) is 19.9. The minimum atomic E-state index is -2.16. The van der Waals surface area contributed by atoms with Crippen LogP contribution in [-0.4, -0.2) is 45.0 Å². The van der Waals surface area contributed by atoms with E-state index in [0.29, 0.717) is 5.75 Å². The van der Waals surface area contributed by atoms with E-state index in [-0.39, 0.29) is 0 Å². The Bertz CT molecular complexity index is 4610. The van der Waals surface area contributed by atoms with Gasteiger partial charge in [-0.2, -0.15) is 0 Å². The van der Waals surface area contributed by atoms with Gasteiger partial charge in [0.15, 0.2) is 0 Å². The topological polar surface area (TPSA) is 117 Å². The lowest BCUT2D eigenvalue weighted by Crippen LogP contribution is -2.12. The summed E-state index contributed by atoms with van der Waals surface area (Å²) in [5, 5.41) is 0. The third-order valence-electron chi connectivity index (χ3n) is 18.0. The first-order chi connectivity index (χ1) is 56.3. The smallest absolute Gasteiger partial charge is 0.130 e. The maximum absolute atomic E-state index is 12.5. The molecule has 0 radical (unpaired) electrons. The largest absolute Gasteiger partial charge is 0.457 e. The van der Waals surface area contributed by atoms with Crippen LogP contribution in [0, 0.1) is 0 Å². The van der Waals surface area contributed by atoms with E-state index in [4.69, 9.17) is 4.74 Å². The van der Waals surface area contributed by atoms with Gasteiger partial charge in [0, 0.05) is 126 Å². The lowest BCUT2D eigenvalue weighted by molar-refractivity contribution is 0.460. The molecule has 2 aliphatic rings. The van der Waals surface area contributed by atoms with Crippen LogP contribution in [0.4, 0.5) is 0 Å². The highest BCUT2D eigenvalue weighted by Crippen LogP contribution is 2.38. The highest BCUT2D eigenvalue weighted by atomic mass is 32.2. The first-order valence-corrected chi connectivity index (χ1v) is 40.0. The molecular weight excluding hydrogens is 1410 g/mol. The predicted octanol–water partition coefficient (Wildman–Crippen LogP) is 23.4. The van der Waals surface area contributed by atoms with Crippen LogP contribution in [0.1, 0.15) is 83.6 Å². The Kier molecular flexibility index (Phi) is 33.1. The van der Waals surface area contributed by atoms with Gasteiger partial charge in [0.25, 0.3) is 0 Å². The zero-order valence-corrected chi connectivity index (χ0v) is 64.8. The summed E-state index contributed by atoms with van der Waals surface area (Å²) in [5.74, 6) is 6.44. The van der Waals surface area contributed by atoms with Gasteiger partial charge < -0.3 is 4.74 Å². The van der Waals surface area contributed by atoms with E-state index >= 15 is 0 Å². The van der Waals surface area contributed by atoms with Crippen molar-refractivity contribution in [2.24, 2.45) is 0 Å². The minimum Gasteiger partial charge on any atom is -0.457 e. The Hall–Kier alpha value is -13.9. The second kappa shape index (κ2) is 46.5. The molecule has 114 heavy (non-hydrogen) atoms. The molecule has 19 rings (SSSR count). The van der Waals surface area contributed by atoms with Gasteiger partial charge in [0.2, 0.25) is 0 Å². The minimum absolute atomic E-state index is 0.556. The molecule has 0 saturated carbocycles. The van der Waals surface area contributed by atoms with Gasteiger partial charge in [0.1, 0.15) is 11.5 Å². The van der Waals surface area contributed by atoms with Gasteiger partial charge in [0.05, 0.1) is 0 Å². The van der Waals surface area contributed by atoms with Crippen LogP contribution in [-0.2, 0) is 60.2 Å². The van der Waals surface area contributed by atoms with E-state index in [1.165, 1.54) is 77.9 Å². The molecule has 0 saturated heterocycles. The van der Waals surface area contributed by atoms with Crippen LogP contribution >= 0.6 is 0 Å². The van der Waals surface area contributed by atoms with Crippen molar-refractivity contribution < 1.29 is 8.95 Å². The highest BCUT2D eigenvalue weighted by Gasteiger charge is 2.22. The zero-order chi connectivity index (χ0) is 78.4. The number of hydrogen-bond acceptors (Lipinski definition) is 9. The predicted molar refractivity (Wildman–Crippen MR) is 470 cm³/mol. The van der Waals surface area contributed by atoms with Crippen molar-refractivity contribution >= 4 is 15.4 Å². The summed E-state index contributed by atoms with van der Waals surface area (Å²) in [6, 6.07) is 127. The maximum Gasteiger partial charge on any atom is 0.130 e. The molecule has 0 N–H and O–H groups in total. The molecule has 562 valence electrons. The molecule has 9 nitrogen and oxygen atoms in total. The number of benzene rings is 10. The van der Waals surface area contributed by atoms with E-state index in [1.54, 1.807) is 18.6 Å². The lowest BCUT2D eigenvalue weighted by Gasteiger charge is -2.22. The fraction of sp³-hybridized carbons (Fsp3) is 0.0769. The van der Waals surface area contributed by atoms with E-state index < -0.39 is 9.52 Å². The SMILES string of the molecule is C=S1(=O)Cc2ccccc2-c2ccccc21.c1cc(Cc2ccncc2)ccn1.c1ccc(Cc2ccccc2)cc1.c1ccc(Cc2ccccn2)cc1.c1ccc(Cc2cccnc2)cc1.c1ccc(Cc2ccncc2)cc1.c1ccc2c(c1)Cc1ccccc1O2.c1ccccc1.c1cncc(Cc2cccnc2)c1. The fourth-order valence-electron chi connectivity index (χ4n) is 12.3. The van der Waals surface area contributed by atoms with E-state index in [1.807, 2.05) is 256 Å². The summed E-state index contributed by atoms with van der Waals surface area (Å²) in [4.78, 5) is 29.3. The normalized spacial score (nSPS) is 11.8. The molecule has 1 unspecified atom stereocenters. The Morgan fingerprint density at radius 3 is 0.904 bits per heavy atom. The van der Waals surface area contributed by atoms with Gasteiger partial charge in [-0.3, -0.25) is 39.1 Å². The van der Waals surface area contributed by atoms with Gasteiger partial charge >= 0.3 is 0 Å². The Balaban J connectivity index is 0.000000127. The molecule has 17 aromatic rings. The van der Waals surface area contributed by atoms with Crippen LogP contribution in [0.15, 0.2) is 462 Å². The second-order valence-electron chi connectivity index (χ2n) is 26.7. The number of para-hydroxylation sites is 2. The van der Waals surface area contributed by atoms with Crippen molar-refractivity contribution in [2.45, 2.75) is 55.6 Å². The van der Waals surface area contributed by atoms with Crippen molar-refractivity contribution in [1.29, 1.82) is 0 Å². The van der Waals surface area contributed by atoms with Crippen LogP contribution < -0.4 is 4.74 Å². The van der Waals surface area contributed by atoms with Crippen LogP contribution in [0.3, 0.4) is 0 Å². The molecule has 0 fully saturated rings. The van der Waals surface area contributed by atoms with Crippen molar-refractivity contribution in [1.82, 2.24) is 34.9 Å². The third kappa shape index (κ3) is 28.8. The van der Waals surface area contributed by atoms with Gasteiger partial charge in [-0.1, -0.05) is 291 Å². The van der Waals surface area contributed by atoms with Crippen molar-refractivity contribution in [3.05, 3.63) is 540 Å². The molecular formula is C104H93N7O2S. The van der Waals surface area contributed by atoms with Gasteiger partial charge in [-0.05, 0) is 205 Å². The number of pyridine rings is 7. The van der Waals surface area contributed by atoms with Crippen molar-refractivity contribution in [3.8, 4) is 22.6 Å². The Morgan fingerprint density at radius 2 is 0.535 bits per heavy atom. The van der Waals surface area contributed by atoms with Gasteiger partial charge in [-0.25, -0.2) is 0 Å². The number of rotatable bonds is 12. The molecule has 0 spiro atoms. The van der Waals surface area contributed by atoms with Crippen LogP contribution in [0.5, 0.6) is 11.5 Å². The second-order valence-corrected chi connectivity index (χ2v) is 29.1. The lowest BCUT2D eigenvalue weighted by atomic mass is 10.0. The highest BCUT2D eigenvalue weighted by molar-refractivity contribution is 7.99. The first kappa shape index (κ1) is 81.1. The molecule has 0 amide bonds. The molecule has 10 aromatic carbocycles.